The van der Waals surface area contributed by atoms with E-state index in [1.54, 1.807) is 0 Å². The molecule has 0 spiro atoms. The topological polar surface area (TPSA) is 42.2 Å². The molecule has 0 aliphatic heterocycles. The summed E-state index contributed by atoms with van der Waals surface area (Å²) >= 11 is 7.40. The normalized spacial score (nSPS) is 10.7. The van der Waals surface area contributed by atoms with Crippen LogP contribution in [0.3, 0.4) is 0 Å². The van der Waals surface area contributed by atoms with Gasteiger partial charge in [0, 0.05) is 24.0 Å². The van der Waals surface area contributed by atoms with E-state index in [1.165, 1.54) is 23.6 Å². The van der Waals surface area contributed by atoms with Gasteiger partial charge in [0.05, 0.1) is 17.1 Å². The van der Waals surface area contributed by atoms with Gasteiger partial charge < -0.3 is 10.6 Å². The van der Waals surface area contributed by atoms with Gasteiger partial charge in [0.15, 0.2) is 0 Å². The van der Waals surface area contributed by atoms with Crippen molar-refractivity contribution in [3.8, 4) is 0 Å². The quantitative estimate of drug-likeness (QED) is 0.939. The van der Waals surface area contributed by atoms with Gasteiger partial charge in [0.2, 0.25) is 0 Å². The molecule has 0 saturated heterocycles. The van der Waals surface area contributed by atoms with Crippen LogP contribution in [0.4, 0.5) is 10.2 Å². The van der Waals surface area contributed by atoms with Gasteiger partial charge in [-0.05, 0) is 18.2 Å². The highest BCUT2D eigenvalue weighted by molar-refractivity contribution is 7.16. The molecule has 0 unspecified atom stereocenters. The lowest BCUT2D eigenvalue weighted by molar-refractivity contribution is 0.617. The van der Waals surface area contributed by atoms with Crippen LogP contribution in [-0.2, 0) is 13.1 Å². The predicted molar refractivity (Wildman–Crippen MR) is 73.5 cm³/mol. The van der Waals surface area contributed by atoms with Crippen molar-refractivity contribution in [3.63, 3.8) is 0 Å². The van der Waals surface area contributed by atoms with Crippen LogP contribution >= 0.6 is 22.9 Å². The summed E-state index contributed by atoms with van der Waals surface area (Å²) in [6.07, 6.45) is 1.20. The van der Waals surface area contributed by atoms with E-state index >= 15 is 0 Å². The summed E-state index contributed by atoms with van der Waals surface area (Å²) in [5, 5.41) is 0. The summed E-state index contributed by atoms with van der Waals surface area (Å²) in [6.45, 7) is 0.929. The number of rotatable bonds is 4. The van der Waals surface area contributed by atoms with Crippen molar-refractivity contribution >= 4 is 28.8 Å². The van der Waals surface area contributed by atoms with Crippen LogP contribution < -0.4 is 10.6 Å². The van der Waals surface area contributed by atoms with Crippen molar-refractivity contribution in [2.75, 3.05) is 11.9 Å². The van der Waals surface area contributed by atoms with Crippen molar-refractivity contribution < 1.29 is 4.39 Å². The van der Waals surface area contributed by atoms with Crippen molar-refractivity contribution in [3.05, 3.63) is 45.0 Å². The molecule has 0 aliphatic carbocycles. The Hall–Kier alpha value is -1.17. The summed E-state index contributed by atoms with van der Waals surface area (Å²) in [5.74, 6) is 0.329. The molecular formula is C12H13ClFN3S. The first-order valence-electron chi connectivity index (χ1n) is 5.40. The minimum atomic E-state index is -0.369. The molecule has 0 atom stereocenters. The highest BCUT2D eigenvalue weighted by atomic mass is 35.5. The van der Waals surface area contributed by atoms with Gasteiger partial charge in [-0.25, -0.2) is 9.37 Å². The van der Waals surface area contributed by atoms with E-state index in [1.807, 2.05) is 24.1 Å². The number of pyridine rings is 1. The van der Waals surface area contributed by atoms with Crippen LogP contribution in [0.15, 0.2) is 24.4 Å². The molecular weight excluding hydrogens is 273 g/mol. The third kappa shape index (κ3) is 2.98. The molecule has 96 valence electrons. The SMILES string of the molecule is CN(Cc1ccc(Cl)s1)c1ncc(F)cc1CN. The second-order valence-corrected chi connectivity index (χ2v) is 5.70. The Bertz CT molecular complexity index is 544. The lowest BCUT2D eigenvalue weighted by Crippen LogP contribution is -2.20. The summed E-state index contributed by atoms with van der Waals surface area (Å²) in [5.41, 5.74) is 6.30. The molecule has 2 rings (SSSR count). The molecule has 18 heavy (non-hydrogen) atoms. The predicted octanol–water partition coefficient (Wildman–Crippen LogP) is 3.03. The number of hydrogen-bond acceptors (Lipinski definition) is 4. The highest BCUT2D eigenvalue weighted by Crippen LogP contribution is 2.25. The van der Waals surface area contributed by atoms with Gasteiger partial charge >= 0.3 is 0 Å². The zero-order valence-corrected chi connectivity index (χ0v) is 11.4. The summed E-state index contributed by atoms with van der Waals surface area (Å²) in [4.78, 5) is 7.15. The van der Waals surface area contributed by atoms with Crippen LogP contribution in [0.5, 0.6) is 0 Å². The molecule has 0 aromatic carbocycles. The highest BCUT2D eigenvalue weighted by Gasteiger charge is 2.11. The van der Waals surface area contributed by atoms with E-state index in [4.69, 9.17) is 17.3 Å². The maximum Gasteiger partial charge on any atom is 0.141 e. The maximum absolute atomic E-state index is 13.1. The number of halogens is 2. The minimum absolute atomic E-state index is 0.260. The fraction of sp³-hybridized carbons (Fsp3) is 0.250. The van der Waals surface area contributed by atoms with Gasteiger partial charge in [0.25, 0.3) is 0 Å². The summed E-state index contributed by atoms with van der Waals surface area (Å²) in [6, 6.07) is 5.24. The zero-order chi connectivity index (χ0) is 13.1. The minimum Gasteiger partial charge on any atom is -0.354 e. The lowest BCUT2D eigenvalue weighted by Gasteiger charge is -2.20. The third-order valence-corrected chi connectivity index (χ3v) is 3.73. The van der Waals surface area contributed by atoms with Gasteiger partial charge in [-0.2, -0.15) is 0 Å². The molecule has 2 aromatic heterocycles. The number of hydrogen-bond donors (Lipinski definition) is 1. The van der Waals surface area contributed by atoms with Crippen LogP contribution in [0.25, 0.3) is 0 Å². The Morgan fingerprint density at radius 3 is 2.89 bits per heavy atom. The van der Waals surface area contributed by atoms with E-state index < -0.39 is 0 Å². The average molecular weight is 286 g/mol. The molecule has 0 fully saturated rings. The molecule has 0 saturated carbocycles. The fourth-order valence-electron chi connectivity index (χ4n) is 1.71. The van der Waals surface area contributed by atoms with Crippen LogP contribution in [0.1, 0.15) is 10.4 Å². The zero-order valence-electron chi connectivity index (χ0n) is 9.86. The molecule has 2 heterocycles. The van der Waals surface area contributed by atoms with E-state index in [0.29, 0.717) is 17.9 Å². The van der Waals surface area contributed by atoms with Crippen LogP contribution in [0, 0.1) is 5.82 Å². The second-order valence-electron chi connectivity index (χ2n) is 3.90. The van der Waals surface area contributed by atoms with Crippen LogP contribution in [0.2, 0.25) is 4.34 Å². The Labute approximate surface area is 114 Å². The number of aromatic nitrogens is 1. The van der Waals surface area contributed by atoms with Gasteiger partial charge in [0.1, 0.15) is 11.6 Å². The molecule has 0 radical (unpaired) electrons. The van der Waals surface area contributed by atoms with Crippen molar-refractivity contribution in [1.82, 2.24) is 4.98 Å². The summed E-state index contributed by atoms with van der Waals surface area (Å²) in [7, 11) is 1.90. The number of nitrogens with zero attached hydrogens (tertiary/aromatic N) is 2. The molecule has 2 N–H and O–H groups in total. The average Bonchev–Trinajstić information content (AvgIpc) is 2.74. The Morgan fingerprint density at radius 1 is 1.50 bits per heavy atom. The standard InChI is InChI=1S/C12H13ClFN3S/c1-17(7-10-2-3-11(13)18-10)12-8(5-15)4-9(14)6-16-12/h2-4,6H,5,7,15H2,1H3. The van der Waals surface area contributed by atoms with Crippen molar-refractivity contribution in [2.45, 2.75) is 13.1 Å². The fourth-order valence-corrected chi connectivity index (χ4v) is 2.85. The Kier molecular flexibility index (Phi) is 4.16. The Balaban J connectivity index is 2.20. The van der Waals surface area contributed by atoms with E-state index in [-0.39, 0.29) is 12.4 Å². The number of anilines is 1. The first kappa shape index (κ1) is 13.3. The third-order valence-electron chi connectivity index (χ3n) is 2.51. The monoisotopic (exact) mass is 285 g/mol. The van der Waals surface area contributed by atoms with Gasteiger partial charge in [-0.1, -0.05) is 11.6 Å². The second kappa shape index (κ2) is 5.65. The molecule has 0 amide bonds. The summed E-state index contributed by atoms with van der Waals surface area (Å²) < 4.78 is 13.8. The van der Waals surface area contributed by atoms with Crippen molar-refractivity contribution in [2.24, 2.45) is 5.73 Å². The van der Waals surface area contributed by atoms with Crippen LogP contribution in [-0.4, -0.2) is 12.0 Å². The van der Waals surface area contributed by atoms with E-state index in [9.17, 15) is 4.39 Å². The molecule has 2 aromatic rings. The molecule has 3 nitrogen and oxygen atoms in total. The first-order chi connectivity index (χ1) is 8.60. The smallest absolute Gasteiger partial charge is 0.141 e. The molecule has 6 heteroatoms. The lowest BCUT2D eigenvalue weighted by atomic mass is 10.2. The largest absolute Gasteiger partial charge is 0.354 e. The maximum atomic E-state index is 13.1. The first-order valence-corrected chi connectivity index (χ1v) is 6.59. The van der Waals surface area contributed by atoms with E-state index in [2.05, 4.69) is 4.98 Å². The van der Waals surface area contributed by atoms with E-state index in [0.717, 1.165) is 9.21 Å². The molecule has 0 bridgehead atoms. The number of thiophene rings is 1. The van der Waals surface area contributed by atoms with Gasteiger partial charge in [-0.15, -0.1) is 11.3 Å². The Morgan fingerprint density at radius 2 is 2.28 bits per heavy atom. The number of nitrogens with two attached hydrogens (primary N) is 1. The molecule has 0 aliphatic rings. The van der Waals surface area contributed by atoms with Gasteiger partial charge in [-0.3, -0.25) is 0 Å². The van der Waals surface area contributed by atoms with Crippen molar-refractivity contribution in [1.29, 1.82) is 0 Å².